The highest BCUT2D eigenvalue weighted by atomic mass is 16.4. The highest BCUT2D eigenvalue weighted by Gasteiger charge is 2.22. The highest BCUT2D eigenvalue weighted by molar-refractivity contribution is 6.63. The number of hydrogen-bond acceptors (Lipinski definition) is 5. The van der Waals surface area contributed by atoms with Gasteiger partial charge in [-0.1, -0.05) is 91.0 Å². The molecule has 4 aromatic carbocycles. The van der Waals surface area contributed by atoms with E-state index in [1.54, 1.807) is 6.07 Å². The second kappa shape index (κ2) is 8.22. The lowest BCUT2D eigenvalue weighted by Gasteiger charge is -2.11. The number of benzene rings is 4. The predicted molar refractivity (Wildman–Crippen MR) is 135 cm³/mol. The molecule has 0 aliphatic carbocycles. The molecular formula is C27H19BN4O2. The molecule has 0 atom stereocenters. The summed E-state index contributed by atoms with van der Waals surface area (Å²) in [5.41, 5.74) is 3.87. The van der Waals surface area contributed by atoms with E-state index in [2.05, 4.69) is 0 Å². The third-order valence-electron chi connectivity index (χ3n) is 5.90. The third kappa shape index (κ3) is 3.35. The van der Waals surface area contributed by atoms with Gasteiger partial charge in [0.2, 0.25) is 5.95 Å². The van der Waals surface area contributed by atoms with Crippen LogP contribution in [0.25, 0.3) is 50.5 Å². The minimum Gasteiger partial charge on any atom is -0.423 e. The zero-order valence-electron chi connectivity index (χ0n) is 18.1. The van der Waals surface area contributed by atoms with Crippen LogP contribution in [0.3, 0.4) is 0 Å². The SMILES string of the molecule is OB(O)c1cccc2c1c1ccccc1n2-c1nc(-c2ccccc2)nc(-c2ccccc2)n1. The van der Waals surface area contributed by atoms with Crippen molar-refractivity contribution in [3.8, 4) is 28.7 Å². The summed E-state index contributed by atoms with van der Waals surface area (Å²) in [6.45, 7) is 0. The van der Waals surface area contributed by atoms with Crippen LogP contribution in [0.1, 0.15) is 0 Å². The molecule has 0 saturated heterocycles. The number of rotatable bonds is 4. The molecule has 162 valence electrons. The van der Waals surface area contributed by atoms with E-state index in [1.165, 1.54) is 0 Å². The number of para-hydroxylation sites is 1. The summed E-state index contributed by atoms with van der Waals surface area (Å²) in [5, 5.41) is 21.8. The highest BCUT2D eigenvalue weighted by Crippen LogP contribution is 2.31. The first-order valence-electron chi connectivity index (χ1n) is 11.0. The van der Waals surface area contributed by atoms with Crippen LogP contribution < -0.4 is 5.46 Å². The van der Waals surface area contributed by atoms with Gasteiger partial charge in [0.1, 0.15) is 0 Å². The Bertz CT molecular complexity index is 1580. The van der Waals surface area contributed by atoms with Gasteiger partial charge in [-0.2, -0.15) is 9.97 Å². The number of nitrogens with zero attached hydrogens (tertiary/aromatic N) is 4. The summed E-state index contributed by atoms with van der Waals surface area (Å²) in [5.74, 6) is 1.59. The van der Waals surface area contributed by atoms with E-state index in [4.69, 9.17) is 15.0 Å². The molecule has 0 fully saturated rings. The van der Waals surface area contributed by atoms with E-state index in [0.29, 0.717) is 23.1 Å². The van der Waals surface area contributed by atoms with Gasteiger partial charge in [-0.25, -0.2) is 4.98 Å². The molecule has 0 radical (unpaired) electrons. The minimum atomic E-state index is -1.60. The Labute approximate surface area is 196 Å². The normalized spacial score (nSPS) is 11.2. The fourth-order valence-electron chi connectivity index (χ4n) is 4.38. The van der Waals surface area contributed by atoms with Gasteiger partial charge in [-0.15, -0.1) is 0 Å². The standard InChI is InChI=1S/C27H19BN4O2/c33-28(34)21-15-9-17-23-24(21)20-14-7-8-16-22(20)32(23)27-30-25(18-10-3-1-4-11-18)29-26(31-27)19-12-5-2-6-13-19/h1-17,33-34H. The van der Waals surface area contributed by atoms with Crippen molar-refractivity contribution in [1.29, 1.82) is 0 Å². The molecule has 6 rings (SSSR count). The Hall–Kier alpha value is -4.33. The number of fused-ring (bicyclic) bond motifs is 3. The van der Waals surface area contributed by atoms with E-state index < -0.39 is 7.12 Å². The fourth-order valence-corrected chi connectivity index (χ4v) is 4.38. The van der Waals surface area contributed by atoms with Gasteiger partial charge in [0.05, 0.1) is 11.0 Å². The van der Waals surface area contributed by atoms with Crippen molar-refractivity contribution in [1.82, 2.24) is 19.5 Å². The molecule has 0 unspecified atom stereocenters. The zero-order valence-corrected chi connectivity index (χ0v) is 18.1. The lowest BCUT2D eigenvalue weighted by molar-refractivity contribution is 0.426. The number of hydrogen-bond donors (Lipinski definition) is 2. The van der Waals surface area contributed by atoms with Crippen LogP contribution in [0.4, 0.5) is 0 Å². The van der Waals surface area contributed by atoms with Crippen LogP contribution >= 0.6 is 0 Å². The molecule has 6 aromatic rings. The van der Waals surface area contributed by atoms with Gasteiger partial charge in [0.25, 0.3) is 0 Å². The van der Waals surface area contributed by atoms with Gasteiger partial charge in [-0.05, 0) is 17.6 Å². The zero-order chi connectivity index (χ0) is 23.1. The number of aromatic nitrogens is 4. The van der Waals surface area contributed by atoms with E-state index in [0.717, 1.165) is 32.9 Å². The van der Waals surface area contributed by atoms with Crippen molar-refractivity contribution in [2.24, 2.45) is 0 Å². The maximum absolute atomic E-state index is 10.1. The molecule has 0 bridgehead atoms. The molecule has 0 aliphatic heterocycles. The first-order valence-corrected chi connectivity index (χ1v) is 11.0. The Morgan fingerprint density at radius 3 is 1.74 bits per heavy atom. The van der Waals surface area contributed by atoms with Crippen molar-refractivity contribution >= 4 is 34.4 Å². The van der Waals surface area contributed by atoms with Crippen LogP contribution in [-0.4, -0.2) is 36.7 Å². The van der Waals surface area contributed by atoms with Crippen LogP contribution in [0.2, 0.25) is 0 Å². The van der Waals surface area contributed by atoms with E-state index in [-0.39, 0.29) is 0 Å². The molecule has 0 amide bonds. The fraction of sp³-hybridized carbons (Fsp3) is 0. The first-order chi connectivity index (χ1) is 16.7. The molecule has 0 saturated carbocycles. The van der Waals surface area contributed by atoms with Crippen molar-refractivity contribution in [3.05, 3.63) is 103 Å². The van der Waals surface area contributed by atoms with Gasteiger partial charge in [0.15, 0.2) is 11.6 Å². The summed E-state index contributed by atoms with van der Waals surface area (Å²) < 4.78 is 1.96. The van der Waals surface area contributed by atoms with Crippen LogP contribution in [0.15, 0.2) is 103 Å². The quantitative estimate of drug-likeness (QED) is 0.404. The predicted octanol–water partition coefficient (Wildman–Crippen LogP) is 3.98. The minimum absolute atomic E-state index is 0.438. The van der Waals surface area contributed by atoms with Crippen molar-refractivity contribution < 1.29 is 10.0 Å². The van der Waals surface area contributed by atoms with Crippen molar-refractivity contribution in [2.75, 3.05) is 0 Å². The van der Waals surface area contributed by atoms with E-state index in [9.17, 15) is 10.0 Å². The molecule has 6 nitrogen and oxygen atoms in total. The average Bonchev–Trinajstić information content (AvgIpc) is 3.24. The van der Waals surface area contributed by atoms with Gasteiger partial charge in [0, 0.05) is 21.9 Å². The third-order valence-corrected chi connectivity index (χ3v) is 5.90. The molecule has 34 heavy (non-hydrogen) atoms. The molecule has 0 aliphatic rings. The summed E-state index contributed by atoms with van der Waals surface area (Å²) in [6.07, 6.45) is 0. The largest absolute Gasteiger partial charge is 0.489 e. The maximum Gasteiger partial charge on any atom is 0.489 e. The smallest absolute Gasteiger partial charge is 0.423 e. The van der Waals surface area contributed by atoms with Crippen LogP contribution in [0, 0.1) is 0 Å². The van der Waals surface area contributed by atoms with Gasteiger partial charge < -0.3 is 10.0 Å². The molecule has 7 heteroatoms. The first kappa shape index (κ1) is 20.3. The van der Waals surface area contributed by atoms with Gasteiger partial charge in [-0.3, -0.25) is 4.57 Å². The second-order valence-electron chi connectivity index (χ2n) is 7.98. The Balaban J connectivity index is 1.71. The van der Waals surface area contributed by atoms with Crippen LogP contribution in [-0.2, 0) is 0 Å². The average molecular weight is 442 g/mol. The van der Waals surface area contributed by atoms with Gasteiger partial charge >= 0.3 is 7.12 Å². The second-order valence-corrected chi connectivity index (χ2v) is 7.98. The Kier molecular flexibility index (Phi) is 4.91. The summed E-state index contributed by atoms with van der Waals surface area (Å²) >= 11 is 0. The maximum atomic E-state index is 10.1. The van der Waals surface area contributed by atoms with Crippen LogP contribution in [0.5, 0.6) is 0 Å². The molecule has 2 N–H and O–H groups in total. The molecule has 2 heterocycles. The van der Waals surface area contributed by atoms with E-state index >= 15 is 0 Å². The lowest BCUT2D eigenvalue weighted by atomic mass is 9.77. The van der Waals surface area contributed by atoms with Crippen molar-refractivity contribution in [2.45, 2.75) is 0 Å². The summed E-state index contributed by atoms with van der Waals surface area (Å²) in [4.78, 5) is 14.5. The van der Waals surface area contributed by atoms with E-state index in [1.807, 2.05) is 102 Å². The molecule has 2 aromatic heterocycles. The summed E-state index contributed by atoms with van der Waals surface area (Å²) in [6, 6.07) is 32.9. The Morgan fingerprint density at radius 1 is 0.559 bits per heavy atom. The topological polar surface area (TPSA) is 84.1 Å². The van der Waals surface area contributed by atoms with Crippen molar-refractivity contribution in [3.63, 3.8) is 0 Å². The molecular weight excluding hydrogens is 423 g/mol. The molecule has 0 spiro atoms. The Morgan fingerprint density at radius 2 is 1.12 bits per heavy atom. The summed E-state index contributed by atoms with van der Waals surface area (Å²) in [7, 11) is -1.60. The monoisotopic (exact) mass is 442 g/mol. The lowest BCUT2D eigenvalue weighted by Crippen LogP contribution is -2.30.